The van der Waals surface area contributed by atoms with E-state index in [-0.39, 0.29) is 23.7 Å². The molecule has 0 bridgehead atoms. The van der Waals surface area contributed by atoms with E-state index in [1.165, 1.54) is 0 Å². The summed E-state index contributed by atoms with van der Waals surface area (Å²) in [6, 6.07) is 5.81. The normalized spacial score (nSPS) is 24.4. The first-order valence-corrected chi connectivity index (χ1v) is 8.79. The zero-order valence-corrected chi connectivity index (χ0v) is 15.1. The lowest BCUT2D eigenvalue weighted by Crippen LogP contribution is -2.48. The van der Waals surface area contributed by atoms with Gasteiger partial charge in [0.2, 0.25) is 11.8 Å². The molecule has 0 radical (unpaired) electrons. The highest BCUT2D eigenvalue weighted by Gasteiger charge is 2.49. The number of piperazine rings is 1. The van der Waals surface area contributed by atoms with Crippen LogP contribution in [0.2, 0.25) is 0 Å². The molecule has 3 rings (SSSR count). The molecule has 1 aromatic carbocycles. The zero-order valence-electron chi connectivity index (χ0n) is 13.5. The van der Waals surface area contributed by atoms with Crippen LogP contribution >= 0.6 is 15.9 Å². The van der Waals surface area contributed by atoms with E-state index in [0.717, 1.165) is 41.9 Å². The number of nitrogens with zero attached hydrogens (tertiary/aromatic N) is 2. The Morgan fingerprint density at radius 3 is 2.52 bits per heavy atom. The molecule has 2 amide bonds. The number of hydrogen-bond donors (Lipinski definition) is 1. The summed E-state index contributed by atoms with van der Waals surface area (Å²) in [5.41, 5.74) is 1.89. The van der Waals surface area contributed by atoms with Crippen molar-refractivity contribution < 1.29 is 9.59 Å². The van der Waals surface area contributed by atoms with Gasteiger partial charge in [0.15, 0.2) is 0 Å². The molecule has 5 nitrogen and oxygen atoms in total. The first kappa shape index (κ1) is 16.5. The largest absolute Gasteiger partial charge is 0.340 e. The van der Waals surface area contributed by atoms with E-state index in [2.05, 4.69) is 33.2 Å². The van der Waals surface area contributed by atoms with E-state index < -0.39 is 0 Å². The van der Waals surface area contributed by atoms with E-state index in [1.807, 2.05) is 30.0 Å². The molecule has 6 heteroatoms. The van der Waals surface area contributed by atoms with Gasteiger partial charge in [0.25, 0.3) is 0 Å². The highest BCUT2D eigenvalue weighted by atomic mass is 79.9. The number of nitrogens with one attached hydrogen (secondary N) is 1. The molecule has 0 spiro atoms. The lowest BCUT2D eigenvalue weighted by molar-refractivity contribution is -0.135. The summed E-state index contributed by atoms with van der Waals surface area (Å²) < 4.78 is 0.869. The van der Waals surface area contributed by atoms with Gasteiger partial charge in [-0.3, -0.25) is 9.59 Å². The first-order chi connectivity index (χ1) is 11.0. The number of hydrogen-bond acceptors (Lipinski definition) is 3. The van der Waals surface area contributed by atoms with Crippen molar-refractivity contribution in [2.24, 2.45) is 11.8 Å². The van der Waals surface area contributed by atoms with Crippen LogP contribution in [0.3, 0.4) is 0 Å². The third kappa shape index (κ3) is 3.75. The fourth-order valence-corrected chi connectivity index (χ4v) is 3.56. The number of rotatable bonds is 3. The Balaban J connectivity index is 1.55. The second-order valence-corrected chi connectivity index (χ2v) is 7.40. The number of halogens is 1. The van der Waals surface area contributed by atoms with Gasteiger partial charge in [0, 0.05) is 30.7 Å². The van der Waals surface area contributed by atoms with E-state index in [9.17, 15) is 9.59 Å². The van der Waals surface area contributed by atoms with Crippen molar-refractivity contribution in [3.8, 4) is 0 Å². The summed E-state index contributed by atoms with van der Waals surface area (Å²) in [6.45, 7) is 5.35. The van der Waals surface area contributed by atoms with E-state index in [1.54, 1.807) is 0 Å². The smallest absolute Gasteiger partial charge is 0.228 e. The molecule has 1 saturated carbocycles. The van der Waals surface area contributed by atoms with Crippen molar-refractivity contribution in [1.29, 1.82) is 0 Å². The van der Waals surface area contributed by atoms with Gasteiger partial charge in [-0.1, -0.05) is 6.07 Å². The van der Waals surface area contributed by atoms with E-state index in [4.69, 9.17) is 0 Å². The molecule has 2 aliphatic rings. The van der Waals surface area contributed by atoms with Crippen LogP contribution in [0.15, 0.2) is 22.7 Å². The monoisotopic (exact) mass is 379 g/mol. The van der Waals surface area contributed by atoms with Crippen LogP contribution in [0.1, 0.15) is 12.0 Å². The maximum Gasteiger partial charge on any atom is 0.228 e. The minimum Gasteiger partial charge on any atom is -0.340 e. The van der Waals surface area contributed by atoms with E-state index >= 15 is 0 Å². The number of aryl methyl sites for hydroxylation is 1. The van der Waals surface area contributed by atoms with Crippen molar-refractivity contribution in [2.45, 2.75) is 13.3 Å². The maximum absolute atomic E-state index is 12.5. The average molecular weight is 380 g/mol. The number of amides is 2. The van der Waals surface area contributed by atoms with Gasteiger partial charge in [0.05, 0.1) is 17.5 Å². The van der Waals surface area contributed by atoms with Gasteiger partial charge in [-0.2, -0.15) is 0 Å². The summed E-state index contributed by atoms with van der Waals surface area (Å²) in [5, 5.41) is 2.93. The lowest BCUT2D eigenvalue weighted by atomic mass is 10.2. The number of benzene rings is 1. The SMILES string of the molecule is Cc1ccc(NC(=O)C2CC2C(=O)N2CCN(C)CC2)c(Br)c1. The fraction of sp³-hybridized carbons (Fsp3) is 0.529. The lowest BCUT2D eigenvalue weighted by Gasteiger charge is -2.32. The van der Waals surface area contributed by atoms with Crippen molar-refractivity contribution in [3.05, 3.63) is 28.2 Å². The Bertz CT molecular complexity index is 626. The molecule has 124 valence electrons. The van der Waals surface area contributed by atoms with Crippen molar-refractivity contribution in [3.63, 3.8) is 0 Å². The Morgan fingerprint density at radius 1 is 1.17 bits per heavy atom. The zero-order chi connectivity index (χ0) is 16.6. The molecule has 1 aliphatic carbocycles. The summed E-state index contributed by atoms with van der Waals surface area (Å²) in [6.07, 6.45) is 0.667. The average Bonchev–Trinajstić information content (AvgIpc) is 3.31. The van der Waals surface area contributed by atoms with Gasteiger partial charge < -0.3 is 15.1 Å². The molecule has 1 N–H and O–H groups in total. The van der Waals surface area contributed by atoms with Gasteiger partial charge in [-0.15, -0.1) is 0 Å². The molecule has 2 fully saturated rings. The molecule has 23 heavy (non-hydrogen) atoms. The Hall–Kier alpha value is -1.40. The second kappa shape index (κ2) is 6.61. The minimum absolute atomic E-state index is 0.0537. The third-order valence-corrected chi connectivity index (χ3v) is 5.30. The quantitative estimate of drug-likeness (QED) is 0.874. The number of likely N-dealkylation sites (N-methyl/N-ethyl adjacent to an activating group) is 1. The summed E-state index contributed by atoms with van der Waals surface area (Å²) in [7, 11) is 2.06. The van der Waals surface area contributed by atoms with Crippen molar-refractivity contribution in [2.75, 3.05) is 38.5 Å². The third-order valence-electron chi connectivity index (χ3n) is 4.64. The van der Waals surface area contributed by atoms with Gasteiger partial charge in [-0.25, -0.2) is 0 Å². The van der Waals surface area contributed by atoms with Crippen LogP contribution in [0.25, 0.3) is 0 Å². The molecular weight excluding hydrogens is 358 g/mol. The summed E-state index contributed by atoms with van der Waals surface area (Å²) in [4.78, 5) is 28.9. The van der Waals surface area contributed by atoms with Gasteiger partial charge >= 0.3 is 0 Å². The summed E-state index contributed by atoms with van der Waals surface area (Å²) in [5.74, 6) is -0.235. The topological polar surface area (TPSA) is 52.7 Å². The number of carbonyl (C=O) groups excluding carboxylic acids is 2. The van der Waals surface area contributed by atoms with Crippen LogP contribution in [0, 0.1) is 18.8 Å². The second-order valence-electron chi connectivity index (χ2n) is 6.55. The van der Waals surface area contributed by atoms with E-state index in [0.29, 0.717) is 6.42 Å². The van der Waals surface area contributed by atoms with Crippen LogP contribution < -0.4 is 5.32 Å². The number of anilines is 1. The predicted molar refractivity (Wildman–Crippen MR) is 93.2 cm³/mol. The fourth-order valence-electron chi connectivity index (χ4n) is 2.97. The molecule has 1 aliphatic heterocycles. The maximum atomic E-state index is 12.5. The van der Waals surface area contributed by atoms with Crippen molar-refractivity contribution in [1.82, 2.24) is 9.80 Å². The molecule has 0 aromatic heterocycles. The standard InChI is InChI=1S/C17H22BrN3O2/c1-11-3-4-15(14(18)9-11)19-16(22)12-10-13(12)17(23)21-7-5-20(2)6-8-21/h3-4,9,12-13H,5-8,10H2,1-2H3,(H,19,22). The van der Waals surface area contributed by atoms with Crippen LogP contribution in [0.5, 0.6) is 0 Å². The molecule has 2 atom stereocenters. The highest BCUT2D eigenvalue weighted by Crippen LogP contribution is 2.41. The molecule has 2 unspecified atom stereocenters. The minimum atomic E-state index is -0.185. The Kier molecular flexibility index (Phi) is 4.73. The van der Waals surface area contributed by atoms with Crippen molar-refractivity contribution >= 4 is 33.4 Å². The molecular formula is C17H22BrN3O2. The Labute approximate surface area is 145 Å². The highest BCUT2D eigenvalue weighted by molar-refractivity contribution is 9.10. The predicted octanol–water partition coefficient (Wildman–Crippen LogP) is 2.11. The molecule has 1 heterocycles. The van der Waals surface area contributed by atoms with Gasteiger partial charge in [0.1, 0.15) is 0 Å². The molecule has 1 saturated heterocycles. The van der Waals surface area contributed by atoms with Crippen LogP contribution in [-0.4, -0.2) is 54.8 Å². The van der Waals surface area contributed by atoms with Gasteiger partial charge in [-0.05, 0) is 54.0 Å². The summed E-state index contributed by atoms with van der Waals surface area (Å²) >= 11 is 3.46. The van der Waals surface area contributed by atoms with Crippen LogP contribution in [-0.2, 0) is 9.59 Å². The number of carbonyl (C=O) groups is 2. The Morgan fingerprint density at radius 2 is 1.87 bits per heavy atom. The molecule has 1 aromatic rings. The van der Waals surface area contributed by atoms with Crippen LogP contribution in [0.4, 0.5) is 5.69 Å². The first-order valence-electron chi connectivity index (χ1n) is 8.00.